The van der Waals surface area contributed by atoms with E-state index in [9.17, 15) is 0 Å². The minimum absolute atomic E-state index is 0.0322. The number of aromatic nitrogens is 2. The Kier molecular flexibility index (Phi) is 17.1. The Morgan fingerprint density at radius 2 is 0.754 bits per heavy atom. The highest BCUT2D eigenvalue weighted by Gasteiger charge is 2.18. The number of imidazole rings is 1. The number of hydrogen-bond donors (Lipinski definition) is 1. The number of aromatic amines is 1. The average molecular weight is 877 g/mol. The average Bonchev–Trinajstić information content (AvgIpc) is 3.80. The molecular weight excluding hydrogens is 813 g/mol. The zero-order chi connectivity index (χ0) is 45.5. The highest BCUT2D eigenvalue weighted by atomic mass is 16.6. The van der Waals surface area contributed by atoms with Crippen LogP contribution in [0.15, 0.2) is 146 Å². The van der Waals surface area contributed by atoms with Crippen molar-refractivity contribution < 1.29 is 33.2 Å². The SMILES string of the molecule is COCC(C)OCC(C)OCC(C)OCC(C)OCC(C)OCC(C)Oc1ccc(-c2nc3c(-c4ccc(-c5ccccc5)cc4)ccc(-c4ccc(-c5ccccc5)cc4)c3[nH]2)cc1. The van der Waals surface area contributed by atoms with Crippen LogP contribution in [0.2, 0.25) is 0 Å². The van der Waals surface area contributed by atoms with Crippen LogP contribution in [0.4, 0.5) is 0 Å². The molecule has 0 aliphatic heterocycles. The summed E-state index contributed by atoms with van der Waals surface area (Å²) in [5, 5.41) is 0. The number of benzene rings is 6. The maximum atomic E-state index is 6.28. The van der Waals surface area contributed by atoms with E-state index < -0.39 is 0 Å². The number of fused-ring (bicyclic) bond motifs is 1. The molecule has 0 fully saturated rings. The lowest BCUT2D eigenvalue weighted by Crippen LogP contribution is -2.30. The Bertz CT molecular complexity index is 2350. The monoisotopic (exact) mass is 876 g/mol. The Morgan fingerprint density at radius 3 is 1.22 bits per heavy atom. The molecule has 65 heavy (non-hydrogen) atoms. The van der Waals surface area contributed by atoms with Crippen molar-refractivity contribution in [3.05, 3.63) is 146 Å². The van der Waals surface area contributed by atoms with Gasteiger partial charge in [-0.05, 0) is 99.2 Å². The van der Waals surface area contributed by atoms with Crippen LogP contribution >= 0.6 is 0 Å². The molecule has 1 heterocycles. The van der Waals surface area contributed by atoms with Gasteiger partial charge < -0.3 is 38.1 Å². The zero-order valence-corrected chi connectivity index (χ0v) is 38.9. The van der Waals surface area contributed by atoms with Crippen molar-refractivity contribution >= 4 is 11.0 Å². The fourth-order valence-electron chi connectivity index (χ4n) is 7.58. The lowest BCUT2D eigenvalue weighted by molar-refractivity contribution is -0.100. The second-order valence-electron chi connectivity index (χ2n) is 17.0. The van der Waals surface area contributed by atoms with E-state index in [0.29, 0.717) is 39.6 Å². The molecule has 0 spiro atoms. The first kappa shape index (κ1) is 47.3. The summed E-state index contributed by atoms with van der Waals surface area (Å²) in [5.74, 6) is 1.55. The van der Waals surface area contributed by atoms with Crippen LogP contribution in [-0.4, -0.2) is 93.3 Å². The third kappa shape index (κ3) is 13.5. The molecule has 0 radical (unpaired) electrons. The fraction of sp³-hybridized carbons (Fsp3) is 0.339. The summed E-state index contributed by atoms with van der Waals surface area (Å²) < 4.78 is 41.1. The van der Waals surface area contributed by atoms with Crippen LogP contribution in [0.25, 0.3) is 66.9 Å². The van der Waals surface area contributed by atoms with Gasteiger partial charge in [0.05, 0.1) is 81.2 Å². The third-order valence-electron chi connectivity index (χ3n) is 11.2. The maximum Gasteiger partial charge on any atom is 0.138 e. The van der Waals surface area contributed by atoms with Gasteiger partial charge >= 0.3 is 0 Å². The van der Waals surface area contributed by atoms with Crippen molar-refractivity contribution in [2.45, 2.75) is 78.2 Å². The molecular formula is C56H64N2O7. The topological polar surface area (TPSA) is 93.3 Å². The highest BCUT2D eigenvalue weighted by Crippen LogP contribution is 2.38. The normalized spacial score (nSPS) is 14.4. The summed E-state index contributed by atoms with van der Waals surface area (Å²) in [6, 6.07) is 50.9. The molecule has 9 nitrogen and oxygen atoms in total. The van der Waals surface area contributed by atoms with Gasteiger partial charge in [0.1, 0.15) is 17.7 Å². The summed E-state index contributed by atoms with van der Waals surface area (Å²) in [6.07, 6.45) is -0.433. The van der Waals surface area contributed by atoms with E-state index >= 15 is 0 Å². The summed E-state index contributed by atoms with van der Waals surface area (Å²) >= 11 is 0. The number of nitrogens with zero attached hydrogens (tertiary/aromatic N) is 1. The van der Waals surface area contributed by atoms with Gasteiger partial charge in [-0.25, -0.2) is 4.98 Å². The van der Waals surface area contributed by atoms with Crippen LogP contribution in [0.5, 0.6) is 5.75 Å². The first-order valence-electron chi connectivity index (χ1n) is 22.8. The predicted molar refractivity (Wildman–Crippen MR) is 262 cm³/mol. The fourth-order valence-corrected chi connectivity index (χ4v) is 7.58. The van der Waals surface area contributed by atoms with Gasteiger partial charge in [0.2, 0.25) is 0 Å². The van der Waals surface area contributed by atoms with E-state index in [1.54, 1.807) is 7.11 Å². The summed E-state index contributed by atoms with van der Waals surface area (Å²) in [7, 11) is 1.67. The molecule has 6 aromatic carbocycles. The van der Waals surface area contributed by atoms with Gasteiger partial charge in [-0.15, -0.1) is 0 Å². The molecule has 0 saturated carbocycles. The van der Waals surface area contributed by atoms with Crippen molar-refractivity contribution in [3.63, 3.8) is 0 Å². The molecule has 9 heteroatoms. The summed E-state index contributed by atoms with van der Waals surface area (Å²) in [5.41, 5.74) is 12.0. The minimum atomic E-state index is -0.168. The molecule has 0 bridgehead atoms. The van der Waals surface area contributed by atoms with E-state index in [-0.39, 0.29) is 36.6 Å². The third-order valence-corrected chi connectivity index (χ3v) is 11.2. The van der Waals surface area contributed by atoms with Gasteiger partial charge in [-0.3, -0.25) is 0 Å². The minimum Gasteiger partial charge on any atom is -0.488 e. The molecule has 6 unspecified atom stereocenters. The van der Waals surface area contributed by atoms with E-state index in [1.807, 2.05) is 65.8 Å². The van der Waals surface area contributed by atoms with Crippen molar-refractivity contribution in [1.82, 2.24) is 9.97 Å². The molecule has 0 aliphatic carbocycles. The maximum absolute atomic E-state index is 6.28. The molecule has 7 aromatic rings. The smallest absolute Gasteiger partial charge is 0.138 e. The summed E-state index contributed by atoms with van der Waals surface area (Å²) in [6.45, 7) is 14.9. The number of nitrogens with one attached hydrogen (secondary N) is 1. The molecule has 340 valence electrons. The quantitative estimate of drug-likeness (QED) is 0.0642. The molecule has 0 aliphatic rings. The summed E-state index contributed by atoms with van der Waals surface area (Å²) in [4.78, 5) is 8.98. The number of hydrogen-bond acceptors (Lipinski definition) is 8. The van der Waals surface area contributed by atoms with Crippen LogP contribution in [-0.2, 0) is 28.4 Å². The van der Waals surface area contributed by atoms with E-state index in [1.165, 1.54) is 22.3 Å². The molecule has 6 atom stereocenters. The standard InChI is InChI=1S/C56H64N2O7/c1-38(32-59-7)60-33-39(2)61-34-40(3)62-35-41(4)63-36-42(5)64-37-43(6)65-51-28-26-50(27-29-51)56-57-54-52(48-22-18-46(19-23-48)44-14-10-8-11-15-44)30-31-53(55(54)58-56)49-24-20-47(21-25-49)45-16-12-9-13-17-45/h8-31,38-43H,32-37H2,1-7H3,(H,57,58). The van der Waals surface area contributed by atoms with E-state index in [4.69, 9.17) is 38.1 Å². The Morgan fingerprint density at radius 1 is 0.385 bits per heavy atom. The van der Waals surface area contributed by atoms with Crippen LogP contribution in [0.1, 0.15) is 41.5 Å². The number of H-pyrrole nitrogens is 1. The molecule has 0 saturated heterocycles. The molecule has 1 N–H and O–H groups in total. The van der Waals surface area contributed by atoms with Crippen LogP contribution < -0.4 is 4.74 Å². The first-order valence-corrected chi connectivity index (χ1v) is 22.8. The van der Waals surface area contributed by atoms with Crippen molar-refractivity contribution in [2.75, 3.05) is 46.8 Å². The van der Waals surface area contributed by atoms with Crippen molar-refractivity contribution in [3.8, 4) is 61.6 Å². The van der Waals surface area contributed by atoms with Gasteiger partial charge in [0, 0.05) is 23.8 Å². The van der Waals surface area contributed by atoms with E-state index in [2.05, 4.69) is 126 Å². The number of methoxy groups -OCH3 is 1. The van der Waals surface area contributed by atoms with Crippen molar-refractivity contribution in [2.24, 2.45) is 0 Å². The van der Waals surface area contributed by atoms with E-state index in [0.717, 1.165) is 50.4 Å². The zero-order valence-electron chi connectivity index (χ0n) is 38.9. The number of ether oxygens (including phenoxy) is 7. The Labute approximate surface area is 385 Å². The van der Waals surface area contributed by atoms with Crippen molar-refractivity contribution in [1.29, 1.82) is 0 Å². The largest absolute Gasteiger partial charge is 0.488 e. The number of rotatable bonds is 24. The highest BCUT2D eigenvalue weighted by molar-refractivity contribution is 6.02. The molecule has 1 aromatic heterocycles. The molecule has 7 rings (SSSR count). The van der Waals surface area contributed by atoms with Gasteiger partial charge in [-0.2, -0.15) is 0 Å². The van der Waals surface area contributed by atoms with Gasteiger partial charge in [0.15, 0.2) is 0 Å². The van der Waals surface area contributed by atoms with Gasteiger partial charge in [0.25, 0.3) is 0 Å². The van der Waals surface area contributed by atoms with Gasteiger partial charge in [-0.1, -0.05) is 121 Å². The lowest BCUT2D eigenvalue weighted by atomic mass is 9.95. The second kappa shape index (κ2) is 23.5. The first-order chi connectivity index (χ1) is 31.6. The molecule has 0 amide bonds. The Balaban J connectivity index is 0.948. The van der Waals surface area contributed by atoms with Crippen LogP contribution in [0, 0.1) is 0 Å². The van der Waals surface area contributed by atoms with Crippen LogP contribution in [0.3, 0.4) is 0 Å². The lowest BCUT2D eigenvalue weighted by Gasteiger charge is -2.22. The predicted octanol–water partition coefficient (Wildman–Crippen LogP) is 12.3. The Hall–Kier alpha value is -5.65. The second-order valence-corrected chi connectivity index (χ2v) is 17.0.